The molecule has 0 bridgehead atoms. The summed E-state index contributed by atoms with van der Waals surface area (Å²) in [6, 6.07) is 12.2. The molecule has 0 unspecified atom stereocenters. The lowest BCUT2D eigenvalue weighted by atomic mass is 10.2. The second kappa shape index (κ2) is 4.70. The van der Waals surface area contributed by atoms with Crippen LogP contribution in [0, 0.1) is 5.82 Å². The van der Waals surface area contributed by atoms with Crippen molar-refractivity contribution < 1.29 is 8.81 Å². The number of benzene rings is 2. The highest BCUT2D eigenvalue weighted by Crippen LogP contribution is 2.22. The lowest BCUT2D eigenvalue weighted by molar-refractivity contribution is 0.604. The molecule has 1 aromatic heterocycles. The third-order valence-corrected chi connectivity index (χ3v) is 2.79. The highest BCUT2D eigenvalue weighted by molar-refractivity contribution is 5.75. The van der Waals surface area contributed by atoms with Crippen molar-refractivity contribution in [3.8, 4) is 0 Å². The number of aromatic nitrogens is 1. The number of rotatable bonds is 3. The Labute approximate surface area is 109 Å². The Hall–Kier alpha value is -2.40. The van der Waals surface area contributed by atoms with Crippen LogP contribution < -0.4 is 11.1 Å². The van der Waals surface area contributed by atoms with Gasteiger partial charge in [0.15, 0.2) is 5.58 Å². The number of hydrogen-bond acceptors (Lipinski definition) is 4. The Morgan fingerprint density at radius 3 is 2.68 bits per heavy atom. The molecule has 96 valence electrons. The third-order valence-electron chi connectivity index (χ3n) is 2.79. The van der Waals surface area contributed by atoms with Gasteiger partial charge in [-0.3, -0.25) is 0 Å². The highest BCUT2D eigenvalue weighted by Gasteiger charge is 2.06. The van der Waals surface area contributed by atoms with E-state index in [2.05, 4.69) is 10.3 Å². The van der Waals surface area contributed by atoms with Crippen molar-refractivity contribution >= 4 is 22.8 Å². The lowest BCUT2D eigenvalue weighted by Crippen LogP contribution is -1.96. The molecule has 0 fully saturated rings. The monoisotopic (exact) mass is 257 g/mol. The molecule has 0 saturated heterocycles. The molecule has 0 aliphatic rings. The fraction of sp³-hybridized carbons (Fsp3) is 0.0714. The molecule has 5 heteroatoms. The molecular formula is C14H12FN3O. The molecule has 2 aromatic carbocycles. The van der Waals surface area contributed by atoms with Gasteiger partial charge in [-0.15, -0.1) is 0 Å². The fourth-order valence-corrected chi connectivity index (χ4v) is 1.80. The Bertz CT molecular complexity index is 706. The van der Waals surface area contributed by atoms with Crippen molar-refractivity contribution in [3.05, 3.63) is 53.8 Å². The van der Waals surface area contributed by atoms with Crippen LogP contribution in [0.15, 0.2) is 46.9 Å². The Morgan fingerprint density at radius 2 is 1.95 bits per heavy atom. The summed E-state index contributed by atoms with van der Waals surface area (Å²) in [5, 5.41) is 3.02. The lowest BCUT2D eigenvalue weighted by Gasteiger charge is -2.02. The van der Waals surface area contributed by atoms with Crippen LogP contribution in [-0.2, 0) is 6.54 Å². The number of oxazole rings is 1. The van der Waals surface area contributed by atoms with Gasteiger partial charge in [-0.05, 0) is 29.8 Å². The van der Waals surface area contributed by atoms with Crippen LogP contribution in [0.4, 0.5) is 16.1 Å². The van der Waals surface area contributed by atoms with Crippen LogP contribution in [0.1, 0.15) is 5.56 Å². The predicted octanol–water partition coefficient (Wildman–Crippen LogP) is 3.17. The zero-order valence-electron chi connectivity index (χ0n) is 10.1. The number of nitrogens with one attached hydrogen (secondary N) is 1. The van der Waals surface area contributed by atoms with Crippen molar-refractivity contribution in [3.63, 3.8) is 0 Å². The molecule has 0 aliphatic heterocycles. The molecule has 3 aromatic rings. The van der Waals surface area contributed by atoms with Crippen LogP contribution in [-0.4, -0.2) is 4.98 Å². The minimum atomic E-state index is -0.345. The van der Waals surface area contributed by atoms with E-state index in [0.29, 0.717) is 23.7 Å². The molecule has 0 atom stereocenters. The third kappa shape index (κ3) is 2.41. The van der Waals surface area contributed by atoms with Gasteiger partial charge in [-0.25, -0.2) is 4.39 Å². The number of nitrogens with zero attached hydrogens (tertiary/aromatic N) is 1. The van der Waals surface area contributed by atoms with Gasteiger partial charge in [0.2, 0.25) is 0 Å². The van der Waals surface area contributed by atoms with E-state index in [1.54, 1.807) is 6.07 Å². The Kier molecular flexibility index (Phi) is 2.89. The van der Waals surface area contributed by atoms with Crippen LogP contribution >= 0.6 is 0 Å². The van der Waals surface area contributed by atoms with Gasteiger partial charge in [-0.2, -0.15) is 4.98 Å². The summed E-state index contributed by atoms with van der Waals surface area (Å²) in [4.78, 5) is 4.22. The van der Waals surface area contributed by atoms with Gasteiger partial charge in [-0.1, -0.05) is 12.1 Å². The molecular weight excluding hydrogens is 245 g/mol. The molecule has 0 saturated carbocycles. The summed E-state index contributed by atoms with van der Waals surface area (Å²) in [5.41, 5.74) is 8.45. The van der Waals surface area contributed by atoms with Crippen LogP contribution in [0.5, 0.6) is 0 Å². The maximum Gasteiger partial charge on any atom is 0.300 e. The number of nitrogens with two attached hydrogens (primary N) is 1. The first-order chi connectivity index (χ1) is 9.24. The average molecular weight is 257 g/mol. The van der Waals surface area contributed by atoms with Crippen LogP contribution in [0.3, 0.4) is 0 Å². The second-order valence-corrected chi connectivity index (χ2v) is 4.16. The summed E-state index contributed by atoms with van der Waals surface area (Å²) in [5.74, 6) is -0.345. The number of anilines is 2. The van der Waals surface area contributed by atoms with Crippen molar-refractivity contribution in [2.75, 3.05) is 5.32 Å². The van der Waals surface area contributed by atoms with Gasteiger partial charge in [0.05, 0.1) is 0 Å². The van der Waals surface area contributed by atoms with E-state index in [1.807, 2.05) is 24.3 Å². The smallest absolute Gasteiger partial charge is 0.300 e. The first kappa shape index (κ1) is 11.7. The van der Waals surface area contributed by atoms with Gasteiger partial charge < -0.3 is 15.5 Å². The van der Waals surface area contributed by atoms with Crippen molar-refractivity contribution in [1.29, 1.82) is 0 Å². The summed E-state index contributed by atoms with van der Waals surface area (Å²) >= 11 is 0. The molecule has 0 spiro atoms. The molecule has 0 amide bonds. The van der Waals surface area contributed by atoms with Crippen LogP contribution in [0.2, 0.25) is 0 Å². The number of fused-ring (bicyclic) bond motifs is 1. The normalized spacial score (nSPS) is 10.8. The SMILES string of the molecule is NCc1ccc(Nc2nc3ccc(F)cc3o2)cc1. The fourth-order valence-electron chi connectivity index (χ4n) is 1.80. The van der Waals surface area contributed by atoms with Crippen molar-refractivity contribution in [1.82, 2.24) is 4.98 Å². The minimum Gasteiger partial charge on any atom is -0.423 e. The van der Waals surface area contributed by atoms with E-state index in [4.69, 9.17) is 10.2 Å². The highest BCUT2D eigenvalue weighted by atomic mass is 19.1. The minimum absolute atomic E-state index is 0.334. The summed E-state index contributed by atoms with van der Waals surface area (Å²) < 4.78 is 18.5. The van der Waals surface area contributed by atoms with Gasteiger partial charge in [0, 0.05) is 18.3 Å². The standard InChI is InChI=1S/C14H12FN3O/c15-10-3-6-12-13(7-10)19-14(18-12)17-11-4-1-9(8-16)2-5-11/h1-7H,8,16H2,(H,17,18). The van der Waals surface area contributed by atoms with Gasteiger partial charge in [0.1, 0.15) is 11.3 Å². The molecule has 3 rings (SSSR count). The second-order valence-electron chi connectivity index (χ2n) is 4.16. The first-order valence-corrected chi connectivity index (χ1v) is 5.87. The number of hydrogen-bond donors (Lipinski definition) is 2. The molecule has 19 heavy (non-hydrogen) atoms. The predicted molar refractivity (Wildman–Crippen MR) is 71.6 cm³/mol. The topological polar surface area (TPSA) is 64.1 Å². The summed E-state index contributed by atoms with van der Waals surface area (Å²) in [7, 11) is 0. The zero-order valence-corrected chi connectivity index (χ0v) is 10.1. The summed E-state index contributed by atoms with van der Waals surface area (Å²) in [6.07, 6.45) is 0. The molecule has 4 nitrogen and oxygen atoms in total. The molecule has 3 N–H and O–H groups in total. The molecule has 0 aliphatic carbocycles. The Balaban J connectivity index is 1.87. The van der Waals surface area contributed by atoms with E-state index in [1.165, 1.54) is 12.1 Å². The van der Waals surface area contributed by atoms with Crippen molar-refractivity contribution in [2.24, 2.45) is 5.73 Å². The van der Waals surface area contributed by atoms with E-state index in [0.717, 1.165) is 11.3 Å². The molecule has 0 radical (unpaired) electrons. The van der Waals surface area contributed by atoms with Gasteiger partial charge in [0.25, 0.3) is 6.01 Å². The first-order valence-electron chi connectivity index (χ1n) is 5.87. The quantitative estimate of drug-likeness (QED) is 0.756. The van der Waals surface area contributed by atoms with Gasteiger partial charge >= 0.3 is 0 Å². The van der Waals surface area contributed by atoms with E-state index < -0.39 is 0 Å². The number of halogens is 1. The van der Waals surface area contributed by atoms with E-state index in [-0.39, 0.29) is 5.82 Å². The molecule has 1 heterocycles. The maximum absolute atomic E-state index is 13.0. The van der Waals surface area contributed by atoms with Crippen molar-refractivity contribution in [2.45, 2.75) is 6.54 Å². The zero-order chi connectivity index (χ0) is 13.2. The summed E-state index contributed by atoms with van der Waals surface area (Å²) in [6.45, 7) is 0.502. The van der Waals surface area contributed by atoms with E-state index >= 15 is 0 Å². The van der Waals surface area contributed by atoms with Crippen LogP contribution in [0.25, 0.3) is 11.1 Å². The Morgan fingerprint density at radius 1 is 1.16 bits per heavy atom. The maximum atomic E-state index is 13.0. The average Bonchev–Trinajstić information content (AvgIpc) is 2.81. The largest absolute Gasteiger partial charge is 0.423 e. The van der Waals surface area contributed by atoms with E-state index in [9.17, 15) is 4.39 Å².